The zero-order valence-corrected chi connectivity index (χ0v) is 13.5. The van der Waals surface area contributed by atoms with Crippen molar-refractivity contribution in [3.05, 3.63) is 40.4 Å². The summed E-state index contributed by atoms with van der Waals surface area (Å²) < 4.78 is 0. The second-order valence-electron chi connectivity index (χ2n) is 4.60. The molecule has 0 unspecified atom stereocenters. The fourth-order valence-corrected chi connectivity index (χ4v) is 3.09. The number of aliphatic carboxylic acids is 1. The maximum absolute atomic E-state index is 12.1. The average Bonchev–Trinajstić information content (AvgIpc) is 2.93. The predicted molar refractivity (Wildman–Crippen MR) is 86.2 cm³/mol. The van der Waals surface area contributed by atoms with Gasteiger partial charge in [-0.05, 0) is 13.0 Å². The molecule has 0 fully saturated rings. The summed E-state index contributed by atoms with van der Waals surface area (Å²) in [7, 11) is 0. The Morgan fingerprint density at radius 2 is 2.09 bits per heavy atom. The Hall–Kier alpha value is -1.92. The molecule has 0 aliphatic rings. The number of likely N-dealkylation sites (N-methyl/N-ethyl adjacent to an activating group) is 1. The number of aromatic nitrogens is 1. The minimum Gasteiger partial charge on any atom is -0.480 e. The lowest BCUT2D eigenvalue weighted by molar-refractivity contribution is -0.144. The van der Waals surface area contributed by atoms with Crippen LogP contribution in [0.3, 0.4) is 0 Å². The Balaban J connectivity index is 2.10. The van der Waals surface area contributed by atoms with Gasteiger partial charge < -0.3 is 10.0 Å². The van der Waals surface area contributed by atoms with Crippen molar-refractivity contribution in [3.63, 3.8) is 0 Å². The van der Waals surface area contributed by atoms with Gasteiger partial charge in [0, 0.05) is 17.5 Å². The molecule has 2 rings (SSSR count). The molecule has 0 bridgehead atoms. The van der Waals surface area contributed by atoms with Crippen molar-refractivity contribution in [2.75, 3.05) is 13.1 Å². The van der Waals surface area contributed by atoms with Crippen LogP contribution < -0.4 is 0 Å². The molecule has 0 saturated carbocycles. The number of amides is 1. The van der Waals surface area contributed by atoms with E-state index in [-0.39, 0.29) is 18.9 Å². The molecule has 0 radical (unpaired) electrons. The summed E-state index contributed by atoms with van der Waals surface area (Å²) >= 11 is 7.54. The maximum Gasteiger partial charge on any atom is 0.323 e. The smallest absolute Gasteiger partial charge is 0.323 e. The summed E-state index contributed by atoms with van der Waals surface area (Å²) in [6.07, 6.45) is 0.0854. The summed E-state index contributed by atoms with van der Waals surface area (Å²) in [5, 5.41) is 11.9. The van der Waals surface area contributed by atoms with Crippen molar-refractivity contribution in [1.82, 2.24) is 9.88 Å². The first-order chi connectivity index (χ1) is 10.5. The van der Waals surface area contributed by atoms with Gasteiger partial charge in [-0.15, -0.1) is 11.3 Å². The van der Waals surface area contributed by atoms with Gasteiger partial charge in [0.2, 0.25) is 5.91 Å². The van der Waals surface area contributed by atoms with E-state index in [1.807, 2.05) is 18.2 Å². The molecule has 5 nitrogen and oxygen atoms in total. The molecule has 1 amide bonds. The van der Waals surface area contributed by atoms with Gasteiger partial charge in [-0.3, -0.25) is 9.59 Å². The second kappa shape index (κ2) is 7.38. The van der Waals surface area contributed by atoms with Crippen LogP contribution in [0.5, 0.6) is 0 Å². The Kier molecular flexibility index (Phi) is 5.51. The van der Waals surface area contributed by atoms with Crippen molar-refractivity contribution in [2.24, 2.45) is 0 Å². The normalized spacial score (nSPS) is 10.5. The van der Waals surface area contributed by atoms with Crippen LogP contribution in [0.15, 0.2) is 29.6 Å². The number of carbonyl (C=O) groups is 2. The van der Waals surface area contributed by atoms with Crippen LogP contribution >= 0.6 is 22.9 Å². The number of benzene rings is 1. The standard InChI is InChI=1S/C15H15ClN2O3S/c1-2-18(8-14(20)21)13(19)7-10-9-22-15(17-10)11-5-3-4-6-12(11)16/h3-6,9H,2,7-8H2,1H3,(H,20,21). The number of carbonyl (C=O) groups excluding carboxylic acids is 1. The number of carboxylic acid groups (broad SMARTS) is 1. The number of nitrogens with zero attached hydrogens (tertiary/aromatic N) is 2. The highest BCUT2D eigenvalue weighted by Crippen LogP contribution is 2.30. The Morgan fingerprint density at radius 1 is 1.36 bits per heavy atom. The predicted octanol–water partition coefficient (Wildman–Crippen LogP) is 2.94. The first-order valence-electron chi connectivity index (χ1n) is 6.70. The third-order valence-corrected chi connectivity index (χ3v) is 4.30. The first kappa shape index (κ1) is 16.5. The summed E-state index contributed by atoms with van der Waals surface area (Å²) in [5.41, 5.74) is 1.44. The van der Waals surface area contributed by atoms with Gasteiger partial charge in [-0.25, -0.2) is 4.98 Å². The summed E-state index contributed by atoms with van der Waals surface area (Å²) in [5.74, 6) is -1.27. The molecule has 116 valence electrons. The van der Waals surface area contributed by atoms with E-state index in [1.54, 1.807) is 18.4 Å². The van der Waals surface area contributed by atoms with Crippen molar-refractivity contribution in [2.45, 2.75) is 13.3 Å². The van der Waals surface area contributed by atoms with Gasteiger partial charge >= 0.3 is 5.97 Å². The van der Waals surface area contributed by atoms with Gasteiger partial charge in [0.15, 0.2) is 0 Å². The molecule has 1 N–H and O–H groups in total. The number of carboxylic acids is 1. The number of hydrogen-bond acceptors (Lipinski definition) is 4. The largest absolute Gasteiger partial charge is 0.480 e. The topological polar surface area (TPSA) is 70.5 Å². The van der Waals surface area contributed by atoms with E-state index in [1.165, 1.54) is 16.2 Å². The quantitative estimate of drug-likeness (QED) is 0.879. The second-order valence-corrected chi connectivity index (χ2v) is 5.87. The summed E-state index contributed by atoms with van der Waals surface area (Å²) in [4.78, 5) is 28.5. The van der Waals surface area contributed by atoms with Crippen LogP contribution in [0.25, 0.3) is 10.6 Å². The number of thiazole rings is 1. The van der Waals surface area contributed by atoms with Crippen LogP contribution in [0.4, 0.5) is 0 Å². The molecule has 0 spiro atoms. The van der Waals surface area contributed by atoms with E-state index in [2.05, 4.69) is 4.98 Å². The van der Waals surface area contributed by atoms with Gasteiger partial charge in [0.25, 0.3) is 0 Å². The van der Waals surface area contributed by atoms with Crippen LogP contribution in [-0.4, -0.2) is 40.0 Å². The van der Waals surface area contributed by atoms with Crippen molar-refractivity contribution >= 4 is 34.8 Å². The third kappa shape index (κ3) is 4.05. The number of halogens is 1. The van der Waals surface area contributed by atoms with Crippen LogP contribution in [0.2, 0.25) is 5.02 Å². The van der Waals surface area contributed by atoms with E-state index in [0.717, 1.165) is 10.6 Å². The molecule has 0 saturated heterocycles. The minimum absolute atomic E-state index is 0.0854. The Labute approximate surface area is 137 Å². The molecule has 0 aliphatic heterocycles. The van der Waals surface area contributed by atoms with E-state index in [9.17, 15) is 9.59 Å². The van der Waals surface area contributed by atoms with Gasteiger partial charge in [0.1, 0.15) is 11.6 Å². The molecular formula is C15H15ClN2O3S. The maximum atomic E-state index is 12.1. The lowest BCUT2D eigenvalue weighted by Crippen LogP contribution is -2.36. The molecule has 1 heterocycles. The monoisotopic (exact) mass is 338 g/mol. The fraction of sp³-hybridized carbons (Fsp3) is 0.267. The Bertz CT molecular complexity index is 687. The van der Waals surface area contributed by atoms with Crippen LogP contribution in [-0.2, 0) is 16.0 Å². The average molecular weight is 339 g/mol. The molecule has 1 aromatic heterocycles. The van der Waals surface area contributed by atoms with Crippen molar-refractivity contribution in [1.29, 1.82) is 0 Å². The molecule has 2 aromatic rings. The highest BCUT2D eigenvalue weighted by atomic mass is 35.5. The lowest BCUT2D eigenvalue weighted by atomic mass is 10.2. The highest BCUT2D eigenvalue weighted by molar-refractivity contribution is 7.13. The van der Waals surface area contributed by atoms with E-state index >= 15 is 0 Å². The molecular weight excluding hydrogens is 324 g/mol. The lowest BCUT2D eigenvalue weighted by Gasteiger charge is -2.17. The SMILES string of the molecule is CCN(CC(=O)O)C(=O)Cc1csc(-c2ccccc2Cl)n1. The minimum atomic E-state index is -1.02. The number of hydrogen-bond donors (Lipinski definition) is 1. The van der Waals surface area contributed by atoms with Crippen LogP contribution in [0.1, 0.15) is 12.6 Å². The zero-order valence-electron chi connectivity index (χ0n) is 12.0. The third-order valence-electron chi connectivity index (χ3n) is 3.05. The molecule has 0 atom stereocenters. The zero-order chi connectivity index (χ0) is 16.1. The van der Waals surface area contributed by atoms with E-state index in [4.69, 9.17) is 16.7 Å². The molecule has 22 heavy (non-hydrogen) atoms. The van der Waals surface area contributed by atoms with Gasteiger partial charge in [-0.2, -0.15) is 0 Å². The highest BCUT2D eigenvalue weighted by Gasteiger charge is 2.17. The summed E-state index contributed by atoms with van der Waals surface area (Å²) in [6, 6.07) is 7.37. The van der Waals surface area contributed by atoms with E-state index < -0.39 is 5.97 Å². The molecule has 7 heteroatoms. The van der Waals surface area contributed by atoms with E-state index in [0.29, 0.717) is 17.3 Å². The van der Waals surface area contributed by atoms with Crippen molar-refractivity contribution < 1.29 is 14.7 Å². The molecule has 1 aromatic carbocycles. The first-order valence-corrected chi connectivity index (χ1v) is 7.96. The van der Waals surface area contributed by atoms with Gasteiger partial charge in [0.05, 0.1) is 17.1 Å². The molecule has 0 aliphatic carbocycles. The van der Waals surface area contributed by atoms with Gasteiger partial charge in [-0.1, -0.05) is 29.8 Å². The number of rotatable bonds is 6. The van der Waals surface area contributed by atoms with Crippen LogP contribution in [0, 0.1) is 0 Å². The van der Waals surface area contributed by atoms with Crippen molar-refractivity contribution in [3.8, 4) is 10.6 Å². The Morgan fingerprint density at radius 3 is 2.73 bits per heavy atom. The fourth-order valence-electron chi connectivity index (χ4n) is 1.95. The summed E-state index contributed by atoms with van der Waals surface area (Å²) in [6.45, 7) is 1.81.